The van der Waals surface area contributed by atoms with Crippen LogP contribution < -0.4 is 15.3 Å². The summed E-state index contributed by atoms with van der Waals surface area (Å²) in [6.07, 6.45) is 6.91. The molecule has 4 rings (SSSR count). The zero-order valence-electron chi connectivity index (χ0n) is 14.8. The van der Waals surface area contributed by atoms with Gasteiger partial charge in [0, 0.05) is 13.2 Å². The van der Waals surface area contributed by atoms with Crippen molar-refractivity contribution in [3.63, 3.8) is 0 Å². The molecule has 1 aliphatic carbocycles. The quantitative estimate of drug-likeness (QED) is 0.616. The third-order valence-electron chi connectivity index (χ3n) is 5.53. The predicted molar refractivity (Wildman–Crippen MR) is 96.1 cm³/mol. The Bertz CT molecular complexity index is 787. The molecule has 0 aromatic heterocycles. The summed E-state index contributed by atoms with van der Waals surface area (Å²) >= 11 is 0. The van der Waals surface area contributed by atoms with Crippen LogP contribution in [-0.2, 0) is 14.3 Å². The number of allylic oxidation sites excluding steroid dienone is 2. The second-order valence-corrected chi connectivity index (χ2v) is 7.20. The van der Waals surface area contributed by atoms with Gasteiger partial charge < -0.3 is 20.0 Å². The number of benzene rings is 1. The van der Waals surface area contributed by atoms with Crippen LogP contribution in [0.1, 0.15) is 36.0 Å². The van der Waals surface area contributed by atoms with Gasteiger partial charge in [0.15, 0.2) is 0 Å². The van der Waals surface area contributed by atoms with Crippen LogP contribution in [0.25, 0.3) is 0 Å². The smallest absolute Gasteiger partial charge is 0.238 e. The van der Waals surface area contributed by atoms with Crippen molar-refractivity contribution < 1.29 is 24.2 Å². The molecular formula is C20H21N2O5-. The topological polar surface area (TPSA) is 98.8 Å². The predicted octanol–water partition coefficient (Wildman–Crippen LogP) is 1.10. The van der Waals surface area contributed by atoms with Crippen molar-refractivity contribution in [3.8, 4) is 0 Å². The monoisotopic (exact) mass is 369 g/mol. The Kier molecular flexibility index (Phi) is 4.70. The fourth-order valence-corrected chi connectivity index (χ4v) is 4.06. The molecule has 0 bridgehead atoms. The number of imide groups is 1. The van der Waals surface area contributed by atoms with E-state index in [2.05, 4.69) is 5.32 Å². The number of nitrogens with one attached hydrogen (secondary N) is 1. The average Bonchev–Trinajstić information content (AvgIpc) is 3.28. The zero-order chi connectivity index (χ0) is 19.0. The van der Waals surface area contributed by atoms with Crippen LogP contribution in [0.15, 0.2) is 30.4 Å². The van der Waals surface area contributed by atoms with E-state index in [0.29, 0.717) is 25.1 Å². The lowest BCUT2D eigenvalue weighted by atomic mass is 9.85. The van der Waals surface area contributed by atoms with Gasteiger partial charge in [-0.2, -0.15) is 0 Å². The van der Waals surface area contributed by atoms with Gasteiger partial charge in [-0.15, -0.1) is 0 Å². The van der Waals surface area contributed by atoms with Gasteiger partial charge in [-0.3, -0.25) is 9.59 Å². The molecule has 142 valence electrons. The molecule has 3 atom stereocenters. The maximum absolute atomic E-state index is 12.9. The lowest BCUT2D eigenvalue weighted by Gasteiger charge is -2.22. The Morgan fingerprint density at radius 2 is 1.89 bits per heavy atom. The van der Waals surface area contributed by atoms with Crippen LogP contribution in [0.5, 0.6) is 0 Å². The van der Waals surface area contributed by atoms with Crippen LogP contribution in [0.2, 0.25) is 0 Å². The van der Waals surface area contributed by atoms with Crippen molar-refractivity contribution in [1.29, 1.82) is 0 Å². The molecule has 0 radical (unpaired) electrons. The normalized spacial score (nSPS) is 27.1. The first-order valence-corrected chi connectivity index (χ1v) is 9.30. The van der Waals surface area contributed by atoms with Crippen molar-refractivity contribution in [2.45, 2.75) is 31.8 Å². The number of fused-ring (bicyclic) bond motifs is 1. The first kappa shape index (κ1) is 17.7. The number of carbonyl (C=O) groups excluding carboxylic acids is 3. The molecule has 2 heterocycles. The summed E-state index contributed by atoms with van der Waals surface area (Å²) < 4.78 is 5.60. The summed E-state index contributed by atoms with van der Waals surface area (Å²) in [7, 11) is 0. The van der Waals surface area contributed by atoms with E-state index in [1.54, 1.807) is 6.07 Å². The largest absolute Gasteiger partial charge is 0.545 e. The van der Waals surface area contributed by atoms with Gasteiger partial charge in [-0.05, 0) is 43.4 Å². The van der Waals surface area contributed by atoms with Crippen LogP contribution in [0.4, 0.5) is 11.4 Å². The van der Waals surface area contributed by atoms with E-state index < -0.39 is 5.97 Å². The Labute approximate surface area is 157 Å². The van der Waals surface area contributed by atoms with Crippen molar-refractivity contribution in [1.82, 2.24) is 0 Å². The molecule has 7 nitrogen and oxygen atoms in total. The maximum atomic E-state index is 12.9. The second kappa shape index (κ2) is 7.15. The number of hydrogen-bond acceptors (Lipinski definition) is 6. The van der Waals surface area contributed by atoms with E-state index in [9.17, 15) is 19.5 Å². The molecular weight excluding hydrogens is 348 g/mol. The SMILES string of the molecule is O=C([O-])c1ccc(NC[C@@H]2CCCO2)c(N2C(=O)[C@H]3CC=CC[C@H]3C2=O)c1. The molecule has 2 amide bonds. The van der Waals surface area contributed by atoms with Gasteiger partial charge in [0.25, 0.3) is 0 Å². The van der Waals surface area contributed by atoms with Crippen LogP contribution in [-0.4, -0.2) is 37.0 Å². The number of ether oxygens (including phenoxy) is 1. The highest BCUT2D eigenvalue weighted by Gasteiger charge is 2.48. The van der Waals surface area contributed by atoms with Crippen molar-refractivity contribution in [2.24, 2.45) is 11.8 Å². The summed E-state index contributed by atoms with van der Waals surface area (Å²) in [6.45, 7) is 1.25. The first-order valence-electron chi connectivity index (χ1n) is 9.30. The molecule has 3 aliphatic rings. The van der Waals surface area contributed by atoms with E-state index in [0.717, 1.165) is 24.3 Å². The molecule has 2 fully saturated rings. The minimum absolute atomic E-state index is 0.0652. The third kappa shape index (κ3) is 3.23. The van der Waals surface area contributed by atoms with Crippen molar-refractivity contribution >= 4 is 29.2 Å². The van der Waals surface area contributed by atoms with E-state index in [-0.39, 0.29) is 41.0 Å². The summed E-state index contributed by atoms with van der Waals surface area (Å²) in [5.74, 6) is -2.64. The maximum Gasteiger partial charge on any atom is 0.238 e. The van der Waals surface area contributed by atoms with Gasteiger partial charge in [0.2, 0.25) is 11.8 Å². The second-order valence-electron chi connectivity index (χ2n) is 7.20. The first-order chi connectivity index (χ1) is 13.1. The summed E-state index contributed by atoms with van der Waals surface area (Å²) in [5, 5.41) is 14.5. The van der Waals surface area contributed by atoms with E-state index in [1.165, 1.54) is 12.1 Å². The van der Waals surface area contributed by atoms with Crippen LogP contribution >= 0.6 is 0 Å². The lowest BCUT2D eigenvalue weighted by Crippen LogP contribution is -2.33. The minimum Gasteiger partial charge on any atom is -0.545 e. The molecule has 0 spiro atoms. The number of hydrogen-bond donors (Lipinski definition) is 1. The molecule has 27 heavy (non-hydrogen) atoms. The fourth-order valence-electron chi connectivity index (χ4n) is 4.06. The fraction of sp³-hybridized carbons (Fsp3) is 0.450. The summed E-state index contributed by atoms with van der Waals surface area (Å²) in [4.78, 5) is 38.3. The highest BCUT2D eigenvalue weighted by molar-refractivity contribution is 6.23. The zero-order valence-corrected chi connectivity index (χ0v) is 14.8. The van der Waals surface area contributed by atoms with Gasteiger partial charge in [0.1, 0.15) is 0 Å². The minimum atomic E-state index is -1.35. The molecule has 0 saturated carbocycles. The molecule has 1 aromatic carbocycles. The molecule has 7 heteroatoms. The molecule has 2 aliphatic heterocycles. The van der Waals surface area contributed by atoms with E-state index in [4.69, 9.17) is 4.74 Å². The number of carbonyl (C=O) groups is 3. The van der Waals surface area contributed by atoms with Crippen molar-refractivity contribution in [2.75, 3.05) is 23.4 Å². The Balaban J connectivity index is 1.66. The van der Waals surface area contributed by atoms with Gasteiger partial charge >= 0.3 is 0 Å². The molecule has 0 unspecified atom stereocenters. The Hall–Kier alpha value is -2.67. The molecule has 1 N–H and O–H groups in total. The standard InChI is InChI=1S/C20H22N2O5/c23-18-14-5-1-2-6-15(14)19(24)22(18)17-10-12(20(25)26)7-8-16(17)21-11-13-4-3-9-27-13/h1-2,7-8,10,13-15,21H,3-6,9,11H2,(H,25,26)/p-1/t13-,14-,15+/m0/s1. The highest BCUT2D eigenvalue weighted by atomic mass is 16.5. The number of carboxylic acid groups (broad SMARTS) is 1. The molecule has 1 aromatic rings. The number of rotatable bonds is 5. The number of amides is 2. The van der Waals surface area contributed by atoms with Crippen LogP contribution in [0, 0.1) is 11.8 Å². The molecule has 2 saturated heterocycles. The number of anilines is 2. The number of aromatic carboxylic acids is 1. The highest BCUT2D eigenvalue weighted by Crippen LogP contribution is 2.40. The summed E-state index contributed by atoms with van der Waals surface area (Å²) in [5.41, 5.74) is 0.754. The number of nitrogens with zero attached hydrogens (tertiary/aromatic N) is 1. The van der Waals surface area contributed by atoms with E-state index in [1.807, 2.05) is 12.2 Å². The summed E-state index contributed by atoms with van der Waals surface area (Å²) in [6, 6.07) is 4.33. The number of carboxylic acids is 1. The van der Waals surface area contributed by atoms with E-state index >= 15 is 0 Å². The third-order valence-corrected chi connectivity index (χ3v) is 5.53. The average molecular weight is 369 g/mol. The lowest BCUT2D eigenvalue weighted by molar-refractivity contribution is -0.255. The van der Waals surface area contributed by atoms with Gasteiger partial charge in [0.05, 0.1) is 35.3 Å². The Morgan fingerprint density at radius 3 is 2.48 bits per heavy atom. The van der Waals surface area contributed by atoms with Crippen LogP contribution in [0.3, 0.4) is 0 Å². The van der Waals surface area contributed by atoms with Gasteiger partial charge in [-0.1, -0.05) is 18.2 Å². The van der Waals surface area contributed by atoms with Gasteiger partial charge in [-0.25, -0.2) is 4.90 Å². The Morgan fingerprint density at radius 1 is 1.19 bits per heavy atom. The van der Waals surface area contributed by atoms with Crippen molar-refractivity contribution in [3.05, 3.63) is 35.9 Å².